The first-order chi connectivity index (χ1) is 8.22. The van der Waals surface area contributed by atoms with Crippen LogP contribution < -0.4 is 10.2 Å². The summed E-state index contributed by atoms with van der Waals surface area (Å²) in [6.45, 7) is 9.88. The molecule has 0 aromatic heterocycles. The van der Waals surface area contributed by atoms with Crippen LogP contribution in [-0.2, 0) is 6.54 Å². The zero-order valence-corrected chi connectivity index (χ0v) is 11.7. The summed E-state index contributed by atoms with van der Waals surface area (Å²) in [5, 5.41) is 3.21. The first-order valence-corrected chi connectivity index (χ1v) is 6.72. The van der Waals surface area contributed by atoms with Crippen molar-refractivity contribution < 1.29 is 0 Å². The highest BCUT2D eigenvalue weighted by molar-refractivity contribution is 5.50. The maximum absolute atomic E-state index is 3.21. The number of hydrogen-bond donors (Lipinski definition) is 1. The van der Waals surface area contributed by atoms with Crippen molar-refractivity contribution in [2.75, 3.05) is 25.0 Å². The zero-order chi connectivity index (χ0) is 12.7. The molecule has 0 unspecified atom stereocenters. The number of nitrogens with one attached hydrogen (secondary N) is 1. The van der Waals surface area contributed by atoms with Crippen molar-refractivity contribution >= 4 is 5.69 Å². The molecule has 2 nitrogen and oxygen atoms in total. The minimum absolute atomic E-state index is 0.952. The second-order valence-corrected chi connectivity index (χ2v) is 4.57. The van der Waals surface area contributed by atoms with E-state index in [9.17, 15) is 0 Å². The lowest BCUT2D eigenvalue weighted by Gasteiger charge is -2.24. The topological polar surface area (TPSA) is 15.3 Å². The van der Waals surface area contributed by atoms with Gasteiger partial charge in [-0.15, -0.1) is 0 Å². The summed E-state index contributed by atoms with van der Waals surface area (Å²) in [7, 11) is 1.99. The standard InChI is InChI=1S/C15H26N2/c1-5-7-10-17(6-2)15-9-8-14(12-16-4)13(3)11-15/h8-9,11,16H,5-7,10,12H2,1-4H3. The SMILES string of the molecule is CCCCN(CC)c1ccc(CNC)c(C)c1. The van der Waals surface area contributed by atoms with Crippen molar-refractivity contribution in [2.24, 2.45) is 0 Å². The molecule has 1 aromatic carbocycles. The maximum atomic E-state index is 3.21. The van der Waals surface area contributed by atoms with Gasteiger partial charge in [-0.1, -0.05) is 19.4 Å². The van der Waals surface area contributed by atoms with E-state index in [1.165, 1.54) is 29.7 Å². The third-order valence-electron chi connectivity index (χ3n) is 3.22. The van der Waals surface area contributed by atoms with E-state index in [1.807, 2.05) is 7.05 Å². The fraction of sp³-hybridized carbons (Fsp3) is 0.600. The lowest BCUT2D eigenvalue weighted by atomic mass is 10.1. The monoisotopic (exact) mass is 234 g/mol. The van der Waals surface area contributed by atoms with Crippen molar-refractivity contribution in [3.05, 3.63) is 29.3 Å². The van der Waals surface area contributed by atoms with Crippen molar-refractivity contribution in [2.45, 2.75) is 40.2 Å². The minimum atomic E-state index is 0.952. The summed E-state index contributed by atoms with van der Waals surface area (Å²) in [5.41, 5.74) is 4.13. The van der Waals surface area contributed by atoms with Gasteiger partial charge in [-0.25, -0.2) is 0 Å². The minimum Gasteiger partial charge on any atom is -0.372 e. The highest BCUT2D eigenvalue weighted by Gasteiger charge is 2.05. The van der Waals surface area contributed by atoms with Crippen LogP contribution in [0.25, 0.3) is 0 Å². The molecule has 0 spiro atoms. The molecule has 0 amide bonds. The summed E-state index contributed by atoms with van der Waals surface area (Å²) in [5.74, 6) is 0. The molecule has 1 rings (SSSR count). The van der Waals surface area contributed by atoms with Crippen LogP contribution in [0.1, 0.15) is 37.8 Å². The van der Waals surface area contributed by atoms with Crippen LogP contribution in [0.4, 0.5) is 5.69 Å². The van der Waals surface area contributed by atoms with E-state index in [-0.39, 0.29) is 0 Å². The largest absolute Gasteiger partial charge is 0.372 e. The van der Waals surface area contributed by atoms with Gasteiger partial charge in [0.1, 0.15) is 0 Å². The van der Waals surface area contributed by atoms with E-state index >= 15 is 0 Å². The van der Waals surface area contributed by atoms with Gasteiger partial charge in [0.15, 0.2) is 0 Å². The Morgan fingerprint density at radius 3 is 2.53 bits per heavy atom. The van der Waals surface area contributed by atoms with Crippen LogP contribution in [0.3, 0.4) is 0 Å². The molecule has 0 aliphatic heterocycles. The average molecular weight is 234 g/mol. The van der Waals surface area contributed by atoms with Gasteiger partial charge in [0.05, 0.1) is 0 Å². The second-order valence-electron chi connectivity index (χ2n) is 4.57. The van der Waals surface area contributed by atoms with Crippen LogP contribution >= 0.6 is 0 Å². The average Bonchev–Trinajstić information content (AvgIpc) is 2.33. The van der Waals surface area contributed by atoms with E-state index in [1.54, 1.807) is 0 Å². The van der Waals surface area contributed by atoms with E-state index in [2.05, 4.69) is 49.2 Å². The Morgan fingerprint density at radius 1 is 1.24 bits per heavy atom. The molecular formula is C15H26N2. The summed E-state index contributed by atoms with van der Waals surface area (Å²) in [4.78, 5) is 2.46. The van der Waals surface area contributed by atoms with Gasteiger partial charge < -0.3 is 10.2 Å². The highest BCUT2D eigenvalue weighted by atomic mass is 15.1. The molecule has 0 fully saturated rings. The van der Waals surface area contributed by atoms with E-state index < -0.39 is 0 Å². The van der Waals surface area contributed by atoms with Crippen LogP contribution in [0.2, 0.25) is 0 Å². The fourth-order valence-electron chi connectivity index (χ4n) is 2.08. The van der Waals surface area contributed by atoms with Gasteiger partial charge >= 0.3 is 0 Å². The molecular weight excluding hydrogens is 208 g/mol. The quantitative estimate of drug-likeness (QED) is 0.778. The molecule has 0 heterocycles. The van der Waals surface area contributed by atoms with Crippen LogP contribution in [0.5, 0.6) is 0 Å². The summed E-state index contributed by atoms with van der Waals surface area (Å²) < 4.78 is 0. The van der Waals surface area contributed by atoms with Gasteiger partial charge in [0, 0.05) is 25.3 Å². The van der Waals surface area contributed by atoms with Gasteiger partial charge in [-0.05, 0) is 50.6 Å². The van der Waals surface area contributed by atoms with Crippen LogP contribution in [0, 0.1) is 6.92 Å². The molecule has 96 valence electrons. The third kappa shape index (κ3) is 4.04. The number of aryl methyl sites for hydroxylation is 1. The number of hydrogen-bond acceptors (Lipinski definition) is 2. The number of nitrogens with zero attached hydrogens (tertiary/aromatic N) is 1. The van der Waals surface area contributed by atoms with Gasteiger partial charge in [0.25, 0.3) is 0 Å². The van der Waals surface area contributed by atoms with Crippen LogP contribution in [0.15, 0.2) is 18.2 Å². The lowest BCUT2D eigenvalue weighted by molar-refractivity contribution is 0.731. The molecule has 0 atom stereocenters. The molecule has 1 N–H and O–H groups in total. The van der Waals surface area contributed by atoms with Gasteiger partial charge in [-0.3, -0.25) is 0 Å². The lowest BCUT2D eigenvalue weighted by Crippen LogP contribution is -2.24. The Morgan fingerprint density at radius 2 is 2.00 bits per heavy atom. The first-order valence-electron chi connectivity index (χ1n) is 6.72. The predicted molar refractivity (Wildman–Crippen MR) is 76.7 cm³/mol. The molecule has 2 heteroatoms. The fourth-order valence-corrected chi connectivity index (χ4v) is 2.08. The van der Waals surface area contributed by atoms with E-state index in [4.69, 9.17) is 0 Å². The predicted octanol–water partition coefficient (Wildman–Crippen LogP) is 3.34. The van der Waals surface area contributed by atoms with Gasteiger partial charge in [0.2, 0.25) is 0 Å². The highest BCUT2D eigenvalue weighted by Crippen LogP contribution is 2.19. The molecule has 0 aliphatic rings. The Balaban J connectivity index is 2.79. The molecule has 17 heavy (non-hydrogen) atoms. The maximum Gasteiger partial charge on any atom is 0.0368 e. The molecule has 0 aliphatic carbocycles. The number of unbranched alkanes of at least 4 members (excludes halogenated alkanes) is 1. The third-order valence-corrected chi connectivity index (χ3v) is 3.22. The zero-order valence-electron chi connectivity index (χ0n) is 11.7. The van der Waals surface area contributed by atoms with Crippen molar-refractivity contribution in [1.29, 1.82) is 0 Å². The number of rotatable bonds is 7. The molecule has 0 saturated carbocycles. The van der Waals surface area contributed by atoms with Crippen LogP contribution in [-0.4, -0.2) is 20.1 Å². The first kappa shape index (κ1) is 14.0. The number of anilines is 1. The smallest absolute Gasteiger partial charge is 0.0368 e. The second kappa shape index (κ2) is 7.33. The molecule has 1 aromatic rings. The van der Waals surface area contributed by atoms with Crippen molar-refractivity contribution in [3.63, 3.8) is 0 Å². The summed E-state index contributed by atoms with van der Waals surface area (Å²) >= 11 is 0. The van der Waals surface area contributed by atoms with E-state index in [0.29, 0.717) is 0 Å². The Kier molecular flexibility index (Phi) is 6.06. The summed E-state index contributed by atoms with van der Waals surface area (Å²) in [6, 6.07) is 6.81. The molecule has 0 bridgehead atoms. The Labute approximate surface area is 106 Å². The van der Waals surface area contributed by atoms with E-state index in [0.717, 1.165) is 19.6 Å². The van der Waals surface area contributed by atoms with Crippen molar-refractivity contribution in [3.8, 4) is 0 Å². The Bertz CT molecular complexity index is 334. The summed E-state index contributed by atoms with van der Waals surface area (Å²) in [6.07, 6.45) is 2.53. The molecule has 0 radical (unpaired) electrons. The molecule has 0 saturated heterocycles. The number of benzene rings is 1. The Hall–Kier alpha value is -1.02. The normalized spacial score (nSPS) is 10.6. The van der Waals surface area contributed by atoms with Gasteiger partial charge in [-0.2, -0.15) is 0 Å². The van der Waals surface area contributed by atoms with Crippen molar-refractivity contribution in [1.82, 2.24) is 5.32 Å².